The second-order valence-electron chi connectivity index (χ2n) is 8.14. The van der Waals surface area contributed by atoms with Gasteiger partial charge in [-0.2, -0.15) is 0 Å². The maximum atomic E-state index is 12.9. The van der Waals surface area contributed by atoms with Crippen molar-refractivity contribution in [3.8, 4) is 22.5 Å². The van der Waals surface area contributed by atoms with E-state index < -0.39 is 12.0 Å². The zero-order valence-electron chi connectivity index (χ0n) is 18.7. The van der Waals surface area contributed by atoms with Crippen LogP contribution in [0.4, 0.5) is 0 Å². The third kappa shape index (κ3) is 6.25. The van der Waals surface area contributed by atoms with Crippen molar-refractivity contribution in [1.82, 2.24) is 25.5 Å². The summed E-state index contributed by atoms with van der Waals surface area (Å²) in [7, 11) is 0. The normalized spacial score (nSPS) is 11.6. The molecule has 8 nitrogen and oxygen atoms in total. The summed E-state index contributed by atoms with van der Waals surface area (Å²) in [6.07, 6.45) is 1.98. The smallest absolute Gasteiger partial charge is 0.326 e. The van der Waals surface area contributed by atoms with Gasteiger partial charge in [0.05, 0.1) is 0 Å². The van der Waals surface area contributed by atoms with Crippen LogP contribution in [-0.2, 0) is 16.1 Å². The van der Waals surface area contributed by atoms with E-state index in [1.54, 1.807) is 0 Å². The van der Waals surface area contributed by atoms with Gasteiger partial charge in [0.25, 0.3) is 0 Å². The fourth-order valence-electron chi connectivity index (χ4n) is 3.79. The van der Waals surface area contributed by atoms with Gasteiger partial charge in [0.1, 0.15) is 6.04 Å². The molecule has 2 aromatic carbocycles. The minimum Gasteiger partial charge on any atom is -0.480 e. The van der Waals surface area contributed by atoms with Gasteiger partial charge in [-0.1, -0.05) is 83.1 Å². The lowest BCUT2D eigenvalue weighted by molar-refractivity contribution is -0.153. The Morgan fingerprint density at radius 3 is 2.27 bits per heavy atom. The summed E-state index contributed by atoms with van der Waals surface area (Å²) in [6, 6.07) is 14.8. The van der Waals surface area contributed by atoms with Gasteiger partial charge in [-0.05, 0) is 39.5 Å². The number of carboxylic acids is 1. The van der Waals surface area contributed by atoms with E-state index in [1.165, 1.54) is 4.90 Å². The molecule has 33 heavy (non-hydrogen) atoms. The predicted molar refractivity (Wildman–Crippen MR) is 128 cm³/mol. The van der Waals surface area contributed by atoms with Crippen LogP contribution in [-0.4, -0.2) is 48.5 Å². The number of nitrogens with zero attached hydrogens (tertiary/aromatic N) is 4. The first-order valence-electron chi connectivity index (χ1n) is 10.9. The van der Waals surface area contributed by atoms with Crippen molar-refractivity contribution in [2.24, 2.45) is 5.92 Å². The van der Waals surface area contributed by atoms with Crippen LogP contribution in [0.25, 0.3) is 22.5 Å². The van der Waals surface area contributed by atoms with Gasteiger partial charge in [0.15, 0.2) is 5.82 Å². The van der Waals surface area contributed by atoms with E-state index in [-0.39, 0.29) is 25.8 Å². The minimum atomic E-state index is -0.976. The van der Waals surface area contributed by atoms with Crippen molar-refractivity contribution in [2.45, 2.75) is 60.0 Å². The Kier molecular flexibility index (Phi) is 9.27. The van der Waals surface area contributed by atoms with Crippen molar-refractivity contribution in [3.63, 3.8) is 0 Å². The summed E-state index contributed by atoms with van der Waals surface area (Å²) in [6.45, 7) is 5.93. The average Bonchev–Trinajstić information content (AvgIpc) is 3.32. The molecule has 0 aliphatic heterocycles. The largest absolute Gasteiger partial charge is 0.480 e. The van der Waals surface area contributed by atoms with E-state index in [4.69, 9.17) is 0 Å². The number of aliphatic carboxylic acids is 1. The quantitative estimate of drug-likeness (QED) is 0.458. The number of carbonyl (C=O) groups excluding carboxylic acids is 1. The molecular weight excluding hydrogens is 418 g/mol. The SMILES string of the molecule is C.CCCCC(=O)N(Cc1ccc(-c2ccccc2-c2nnn[nH]2)cc1)C(C(=O)O)C(C)C. The first-order valence-corrected chi connectivity index (χ1v) is 10.9. The second-order valence-corrected chi connectivity index (χ2v) is 8.14. The molecule has 1 aromatic heterocycles. The number of carbonyl (C=O) groups is 2. The molecule has 1 heterocycles. The Labute approximate surface area is 195 Å². The Hall–Kier alpha value is -3.55. The molecule has 3 aromatic rings. The fourth-order valence-corrected chi connectivity index (χ4v) is 3.79. The summed E-state index contributed by atoms with van der Waals surface area (Å²) in [5.74, 6) is -0.713. The van der Waals surface area contributed by atoms with Crippen molar-refractivity contribution >= 4 is 11.9 Å². The van der Waals surface area contributed by atoms with E-state index in [2.05, 4.69) is 20.6 Å². The van der Waals surface area contributed by atoms with Gasteiger partial charge in [-0.25, -0.2) is 9.89 Å². The highest BCUT2D eigenvalue weighted by Crippen LogP contribution is 2.30. The molecule has 2 N–H and O–H groups in total. The topological polar surface area (TPSA) is 112 Å². The number of rotatable bonds is 10. The molecule has 1 unspecified atom stereocenters. The van der Waals surface area contributed by atoms with Crippen LogP contribution in [0.15, 0.2) is 48.5 Å². The first kappa shape index (κ1) is 25.7. The fraction of sp³-hybridized carbons (Fsp3) is 0.400. The van der Waals surface area contributed by atoms with Gasteiger partial charge in [-0.15, -0.1) is 5.10 Å². The lowest BCUT2D eigenvalue weighted by Gasteiger charge is -2.32. The van der Waals surface area contributed by atoms with E-state index in [0.29, 0.717) is 12.2 Å². The molecule has 3 rings (SSSR count). The molecule has 0 spiro atoms. The van der Waals surface area contributed by atoms with Crippen LogP contribution in [0.1, 0.15) is 53.0 Å². The van der Waals surface area contributed by atoms with Crippen LogP contribution >= 0.6 is 0 Å². The minimum absolute atomic E-state index is 0. The summed E-state index contributed by atoms with van der Waals surface area (Å²) >= 11 is 0. The molecule has 1 atom stereocenters. The van der Waals surface area contributed by atoms with Crippen molar-refractivity contribution in [1.29, 1.82) is 0 Å². The number of H-pyrrole nitrogens is 1. The highest BCUT2D eigenvalue weighted by molar-refractivity contribution is 5.84. The zero-order chi connectivity index (χ0) is 23.1. The number of aromatic amines is 1. The van der Waals surface area contributed by atoms with Gasteiger partial charge in [0.2, 0.25) is 5.91 Å². The lowest BCUT2D eigenvalue weighted by atomic mass is 9.97. The molecule has 1 amide bonds. The second kappa shape index (κ2) is 11.9. The first-order chi connectivity index (χ1) is 15.4. The van der Waals surface area contributed by atoms with E-state index in [9.17, 15) is 14.7 Å². The third-order valence-electron chi connectivity index (χ3n) is 5.43. The monoisotopic (exact) mass is 451 g/mol. The Morgan fingerprint density at radius 2 is 1.73 bits per heavy atom. The number of aromatic nitrogens is 4. The number of benzene rings is 2. The van der Waals surface area contributed by atoms with Gasteiger partial charge >= 0.3 is 5.97 Å². The maximum absolute atomic E-state index is 12.9. The Morgan fingerprint density at radius 1 is 1.06 bits per heavy atom. The zero-order valence-corrected chi connectivity index (χ0v) is 18.7. The van der Waals surface area contributed by atoms with E-state index in [1.807, 2.05) is 69.3 Å². The van der Waals surface area contributed by atoms with Crippen molar-refractivity contribution in [3.05, 3.63) is 54.1 Å². The highest BCUT2D eigenvalue weighted by Gasteiger charge is 2.32. The molecule has 0 aliphatic carbocycles. The summed E-state index contributed by atoms with van der Waals surface area (Å²) < 4.78 is 0. The van der Waals surface area contributed by atoms with Crippen molar-refractivity contribution in [2.75, 3.05) is 0 Å². The van der Waals surface area contributed by atoms with Crippen molar-refractivity contribution < 1.29 is 14.7 Å². The number of carboxylic acid groups (broad SMARTS) is 1. The van der Waals surface area contributed by atoms with Gasteiger partial charge in [0, 0.05) is 18.5 Å². The number of amides is 1. The number of unbranched alkanes of at least 4 members (excludes halogenated alkanes) is 1. The summed E-state index contributed by atoms with van der Waals surface area (Å²) in [5.41, 5.74) is 3.71. The Bertz CT molecular complexity index is 1030. The van der Waals surface area contributed by atoms with Gasteiger partial charge < -0.3 is 10.0 Å². The molecular formula is C25H33N5O3. The number of nitrogens with one attached hydrogen (secondary N) is 1. The molecule has 8 heteroatoms. The molecule has 0 radical (unpaired) electrons. The Balaban J connectivity index is 0.00000385. The highest BCUT2D eigenvalue weighted by atomic mass is 16.4. The molecule has 176 valence electrons. The summed E-state index contributed by atoms with van der Waals surface area (Å²) in [4.78, 5) is 26.3. The third-order valence-corrected chi connectivity index (χ3v) is 5.43. The van der Waals surface area contributed by atoms with Crippen LogP contribution < -0.4 is 0 Å². The van der Waals surface area contributed by atoms with Crippen LogP contribution in [0.2, 0.25) is 0 Å². The molecule has 0 bridgehead atoms. The number of hydrogen-bond donors (Lipinski definition) is 2. The predicted octanol–water partition coefficient (Wildman–Crippen LogP) is 4.80. The number of hydrogen-bond acceptors (Lipinski definition) is 5. The van der Waals surface area contributed by atoms with E-state index >= 15 is 0 Å². The maximum Gasteiger partial charge on any atom is 0.326 e. The number of tetrazole rings is 1. The average molecular weight is 452 g/mol. The molecule has 0 saturated heterocycles. The molecule has 0 saturated carbocycles. The summed E-state index contributed by atoms with van der Waals surface area (Å²) in [5, 5.41) is 23.9. The van der Waals surface area contributed by atoms with E-state index in [0.717, 1.165) is 35.1 Å². The van der Waals surface area contributed by atoms with Gasteiger partial charge in [-0.3, -0.25) is 4.79 Å². The molecule has 0 fully saturated rings. The standard InChI is InChI=1S/C24H29N5O3.CH4/c1-4-5-10-21(30)29(22(16(2)3)24(31)32)15-17-11-13-18(14-12-17)19-8-6-7-9-20(19)23-25-27-28-26-23;/h6-9,11-14,16,22H,4-5,10,15H2,1-3H3,(H,31,32)(H,25,26,27,28);1H4. The van der Waals surface area contributed by atoms with Crippen LogP contribution in [0, 0.1) is 5.92 Å². The lowest BCUT2D eigenvalue weighted by Crippen LogP contribution is -2.47. The van der Waals surface area contributed by atoms with Crippen LogP contribution in [0.5, 0.6) is 0 Å². The van der Waals surface area contributed by atoms with Crippen LogP contribution in [0.3, 0.4) is 0 Å². The molecule has 0 aliphatic rings.